The molecule has 0 radical (unpaired) electrons. The second-order valence-corrected chi connectivity index (χ2v) is 5.46. The number of ether oxygens (including phenoxy) is 2. The summed E-state index contributed by atoms with van der Waals surface area (Å²) in [6.45, 7) is 1.98. The number of carbonyl (C=O) groups is 1. The molecule has 0 aliphatic carbocycles. The molecule has 0 aliphatic heterocycles. The molecule has 0 N–H and O–H groups in total. The molecule has 0 saturated carbocycles. The first-order valence-electron chi connectivity index (χ1n) is 7.94. The van der Waals surface area contributed by atoms with Crippen molar-refractivity contribution in [2.24, 2.45) is 0 Å². The van der Waals surface area contributed by atoms with Crippen molar-refractivity contribution >= 4 is 22.6 Å². The topological polar surface area (TPSA) is 91.6 Å². The van der Waals surface area contributed by atoms with Gasteiger partial charge >= 0.3 is 5.97 Å². The van der Waals surface area contributed by atoms with Gasteiger partial charge < -0.3 is 9.47 Å². The van der Waals surface area contributed by atoms with Crippen LogP contribution in [0.3, 0.4) is 0 Å². The molecule has 0 fully saturated rings. The number of nitrogens with zero attached hydrogens (tertiary/aromatic N) is 2. The Kier molecular flexibility index (Phi) is 4.79. The minimum atomic E-state index is -0.464. The van der Waals surface area contributed by atoms with E-state index in [0.29, 0.717) is 33.5 Å². The monoisotopic (exact) mass is 352 g/mol. The Morgan fingerprint density at radius 1 is 1.15 bits per heavy atom. The number of pyridine rings is 1. The Balaban J connectivity index is 2.17. The molecular weight excluding hydrogens is 336 g/mol. The predicted octanol–water partition coefficient (Wildman–Crippen LogP) is 4.00. The summed E-state index contributed by atoms with van der Waals surface area (Å²) in [5.41, 5.74) is 2.15. The fraction of sp³-hybridized carbons (Fsp3) is 0.158. The number of esters is 1. The molecule has 3 rings (SSSR count). The normalized spacial score (nSPS) is 10.5. The summed E-state index contributed by atoms with van der Waals surface area (Å²) in [5, 5.41) is 11.4. The van der Waals surface area contributed by atoms with Crippen molar-refractivity contribution in [1.82, 2.24) is 4.98 Å². The van der Waals surface area contributed by atoms with Gasteiger partial charge in [-0.3, -0.25) is 10.1 Å². The van der Waals surface area contributed by atoms with Crippen LogP contribution in [0, 0.1) is 10.1 Å². The molecule has 0 aliphatic rings. The van der Waals surface area contributed by atoms with Gasteiger partial charge in [0.2, 0.25) is 0 Å². The molecule has 0 atom stereocenters. The summed E-state index contributed by atoms with van der Waals surface area (Å²) in [5.74, 6) is 0.143. The van der Waals surface area contributed by atoms with Crippen molar-refractivity contribution < 1.29 is 19.2 Å². The molecule has 132 valence electrons. The van der Waals surface area contributed by atoms with Crippen LogP contribution < -0.4 is 4.74 Å². The molecule has 3 aromatic rings. The Morgan fingerprint density at radius 3 is 2.50 bits per heavy atom. The van der Waals surface area contributed by atoms with Crippen LogP contribution in [-0.4, -0.2) is 29.6 Å². The van der Waals surface area contributed by atoms with E-state index >= 15 is 0 Å². The van der Waals surface area contributed by atoms with E-state index in [2.05, 4.69) is 4.98 Å². The third kappa shape index (κ3) is 3.32. The van der Waals surface area contributed by atoms with Crippen molar-refractivity contribution in [2.45, 2.75) is 6.92 Å². The smallest absolute Gasteiger partial charge is 0.338 e. The number of rotatable bonds is 5. The first kappa shape index (κ1) is 17.3. The molecule has 1 aromatic heterocycles. The molecule has 1 heterocycles. The lowest BCUT2D eigenvalue weighted by atomic mass is 10.0. The summed E-state index contributed by atoms with van der Waals surface area (Å²) < 4.78 is 10.4. The minimum absolute atomic E-state index is 0.00936. The van der Waals surface area contributed by atoms with Crippen molar-refractivity contribution in [1.29, 1.82) is 0 Å². The molecule has 0 bridgehead atoms. The van der Waals surface area contributed by atoms with E-state index in [0.717, 1.165) is 0 Å². The number of benzene rings is 2. The molecule has 7 nitrogen and oxygen atoms in total. The Labute approximate surface area is 149 Å². The maximum absolute atomic E-state index is 12.4. The van der Waals surface area contributed by atoms with Crippen LogP contribution in [0.25, 0.3) is 22.2 Å². The first-order valence-corrected chi connectivity index (χ1v) is 7.94. The number of hydrogen-bond donors (Lipinski definition) is 0. The van der Waals surface area contributed by atoms with Gasteiger partial charge in [-0.1, -0.05) is 0 Å². The van der Waals surface area contributed by atoms with E-state index in [1.807, 2.05) is 0 Å². The minimum Gasteiger partial charge on any atom is -0.497 e. The van der Waals surface area contributed by atoms with Crippen molar-refractivity contribution in [3.8, 4) is 17.0 Å². The van der Waals surface area contributed by atoms with Crippen molar-refractivity contribution in [2.75, 3.05) is 13.7 Å². The SMILES string of the molecule is CCOC(=O)c1cc(-c2ccc([N+](=O)[O-])cc2)nc2ccc(OC)cc12. The summed E-state index contributed by atoms with van der Waals surface area (Å²) in [6.07, 6.45) is 0. The average molecular weight is 352 g/mol. The summed E-state index contributed by atoms with van der Waals surface area (Å²) >= 11 is 0. The number of carbonyl (C=O) groups excluding carboxylic acids is 1. The number of nitro benzene ring substituents is 1. The number of nitro groups is 1. The molecular formula is C19H16N2O5. The molecule has 7 heteroatoms. The highest BCUT2D eigenvalue weighted by Gasteiger charge is 2.16. The number of methoxy groups -OCH3 is 1. The van der Waals surface area contributed by atoms with Gasteiger partial charge in [0, 0.05) is 23.1 Å². The van der Waals surface area contributed by atoms with Crippen LogP contribution in [-0.2, 0) is 4.74 Å². The van der Waals surface area contributed by atoms with E-state index in [-0.39, 0.29) is 12.3 Å². The lowest BCUT2D eigenvalue weighted by Crippen LogP contribution is -2.06. The highest BCUT2D eigenvalue weighted by atomic mass is 16.6. The molecule has 0 unspecified atom stereocenters. The van der Waals surface area contributed by atoms with Crippen LogP contribution in [0.15, 0.2) is 48.5 Å². The fourth-order valence-corrected chi connectivity index (χ4v) is 2.61. The maximum Gasteiger partial charge on any atom is 0.338 e. The van der Waals surface area contributed by atoms with E-state index < -0.39 is 10.9 Å². The van der Waals surface area contributed by atoms with Gasteiger partial charge in [-0.2, -0.15) is 0 Å². The zero-order chi connectivity index (χ0) is 18.7. The van der Waals surface area contributed by atoms with E-state index in [4.69, 9.17) is 9.47 Å². The molecule has 0 amide bonds. The molecule has 0 saturated heterocycles. The van der Waals surface area contributed by atoms with Crippen LogP contribution >= 0.6 is 0 Å². The maximum atomic E-state index is 12.4. The summed E-state index contributed by atoms with van der Waals surface area (Å²) in [7, 11) is 1.55. The second kappa shape index (κ2) is 7.18. The second-order valence-electron chi connectivity index (χ2n) is 5.46. The summed E-state index contributed by atoms with van der Waals surface area (Å²) in [4.78, 5) is 27.3. The highest BCUT2D eigenvalue weighted by Crippen LogP contribution is 2.29. The van der Waals surface area contributed by atoms with Crippen LogP contribution in [0.2, 0.25) is 0 Å². The lowest BCUT2D eigenvalue weighted by Gasteiger charge is -2.10. The van der Waals surface area contributed by atoms with Gasteiger partial charge in [-0.15, -0.1) is 0 Å². The van der Waals surface area contributed by atoms with Crippen molar-refractivity contribution in [3.63, 3.8) is 0 Å². The van der Waals surface area contributed by atoms with E-state index in [1.54, 1.807) is 50.4 Å². The average Bonchev–Trinajstić information content (AvgIpc) is 2.66. The number of aromatic nitrogens is 1. The molecule has 26 heavy (non-hydrogen) atoms. The van der Waals surface area contributed by atoms with Crippen LogP contribution in [0.1, 0.15) is 17.3 Å². The van der Waals surface area contributed by atoms with Gasteiger partial charge in [0.05, 0.1) is 35.4 Å². The van der Waals surface area contributed by atoms with Gasteiger partial charge in [-0.05, 0) is 43.3 Å². The van der Waals surface area contributed by atoms with Crippen molar-refractivity contribution in [3.05, 3.63) is 64.2 Å². The lowest BCUT2D eigenvalue weighted by molar-refractivity contribution is -0.384. The number of fused-ring (bicyclic) bond motifs is 1. The van der Waals surface area contributed by atoms with Crippen LogP contribution in [0.4, 0.5) is 5.69 Å². The van der Waals surface area contributed by atoms with Crippen LogP contribution in [0.5, 0.6) is 5.75 Å². The van der Waals surface area contributed by atoms with E-state index in [9.17, 15) is 14.9 Å². The van der Waals surface area contributed by atoms with E-state index in [1.165, 1.54) is 12.1 Å². The third-order valence-electron chi connectivity index (χ3n) is 3.89. The number of hydrogen-bond acceptors (Lipinski definition) is 6. The zero-order valence-electron chi connectivity index (χ0n) is 14.3. The Morgan fingerprint density at radius 2 is 1.88 bits per heavy atom. The van der Waals surface area contributed by atoms with Gasteiger partial charge in [-0.25, -0.2) is 9.78 Å². The van der Waals surface area contributed by atoms with Gasteiger partial charge in [0.1, 0.15) is 5.75 Å². The standard InChI is InChI=1S/C19H16N2O5/c1-3-26-19(22)16-11-18(12-4-6-13(7-5-12)21(23)24)20-17-9-8-14(25-2)10-15(16)17/h4-11H,3H2,1-2H3. The first-order chi connectivity index (χ1) is 12.5. The quantitative estimate of drug-likeness (QED) is 0.392. The molecule has 0 spiro atoms. The highest BCUT2D eigenvalue weighted by molar-refractivity contribution is 6.05. The van der Waals surface area contributed by atoms with Gasteiger partial charge in [0.15, 0.2) is 0 Å². The fourth-order valence-electron chi connectivity index (χ4n) is 2.61. The third-order valence-corrected chi connectivity index (χ3v) is 3.89. The largest absolute Gasteiger partial charge is 0.497 e. The molecule has 2 aromatic carbocycles. The Bertz CT molecular complexity index is 983. The summed E-state index contributed by atoms with van der Waals surface area (Å²) in [6, 6.07) is 12.9. The predicted molar refractivity (Wildman–Crippen MR) is 96.3 cm³/mol. The van der Waals surface area contributed by atoms with Gasteiger partial charge in [0.25, 0.3) is 5.69 Å². The Hall–Kier alpha value is -3.48. The zero-order valence-corrected chi connectivity index (χ0v) is 14.3. The number of non-ortho nitro benzene ring substituents is 1.